The first-order valence-electron chi connectivity index (χ1n) is 6.24. The summed E-state index contributed by atoms with van der Waals surface area (Å²) in [6.07, 6.45) is 5.36. The first kappa shape index (κ1) is 12.0. The van der Waals surface area contributed by atoms with Gasteiger partial charge in [-0.05, 0) is 43.0 Å². The number of hydrogen-bond acceptors (Lipinski definition) is 2. The number of hydrogen-bond donors (Lipinski definition) is 2. The zero-order valence-corrected chi connectivity index (χ0v) is 10.2. The van der Waals surface area contributed by atoms with E-state index in [2.05, 4.69) is 5.32 Å². The fraction of sp³-hybridized carbons (Fsp3) is 0.500. The van der Waals surface area contributed by atoms with E-state index < -0.39 is 5.97 Å². The van der Waals surface area contributed by atoms with E-state index in [9.17, 15) is 4.79 Å². The van der Waals surface area contributed by atoms with Crippen molar-refractivity contribution >= 4 is 11.7 Å². The van der Waals surface area contributed by atoms with E-state index in [1.807, 2.05) is 13.0 Å². The Morgan fingerprint density at radius 1 is 1.47 bits per heavy atom. The molecule has 1 aromatic rings. The molecule has 2 N–H and O–H groups in total. The van der Waals surface area contributed by atoms with Crippen LogP contribution in [0.3, 0.4) is 0 Å². The number of benzene rings is 1. The molecule has 2 rings (SSSR count). The molecule has 3 heteroatoms. The SMILES string of the molecule is Cc1cc(C(=O)O)ccc1NCCC1CCC1. The maximum absolute atomic E-state index is 10.8. The van der Waals surface area contributed by atoms with Crippen LogP contribution in [-0.4, -0.2) is 17.6 Å². The molecule has 0 aromatic heterocycles. The normalized spacial score (nSPS) is 15.4. The minimum atomic E-state index is -0.867. The van der Waals surface area contributed by atoms with Crippen LogP contribution in [0.15, 0.2) is 18.2 Å². The van der Waals surface area contributed by atoms with Crippen LogP contribution in [-0.2, 0) is 0 Å². The molecule has 1 aliphatic rings. The van der Waals surface area contributed by atoms with Crippen LogP contribution in [0.1, 0.15) is 41.6 Å². The number of rotatable bonds is 5. The first-order chi connectivity index (χ1) is 8.16. The fourth-order valence-corrected chi connectivity index (χ4v) is 2.19. The Kier molecular flexibility index (Phi) is 3.67. The Labute approximate surface area is 102 Å². The quantitative estimate of drug-likeness (QED) is 0.820. The van der Waals surface area contributed by atoms with E-state index >= 15 is 0 Å². The van der Waals surface area contributed by atoms with E-state index in [0.717, 1.165) is 23.7 Å². The molecular formula is C14H19NO2. The van der Waals surface area contributed by atoms with Crippen LogP contribution in [0.4, 0.5) is 5.69 Å². The average Bonchev–Trinajstić information content (AvgIpc) is 2.23. The molecule has 1 aromatic carbocycles. The monoisotopic (exact) mass is 233 g/mol. The van der Waals surface area contributed by atoms with Crippen molar-refractivity contribution in [2.24, 2.45) is 5.92 Å². The Hall–Kier alpha value is -1.51. The number of aryl methyl sites for hydroxylation is 1. The van der Waals surface area contributed by atoms with Crippen LogP contribution in [0, 0.1) is 12.8 Å². The molecule has 0 heterocycles. The highest BCUT2D eigenvalue weighted by molar-refractivity contribution is 5.88. The highest BCUT2D eigenvalue weighted by Crippen LogP contribution is 2.29. The van der Waals surface area contributed by atoms with Crippen molar-refractivity contribution in [2.45, 2.75) is 32.6 Å². The van der Waals surface area contributed by atoms with Crippen LogP contribution in [0.5, 0.6) is 0 Å². The van der Waals surface area contributed by atoms with Crippen molar-refractivity contribution in [3.8, 4) is 0 Å². The molecule has 1 saturated carbocycles. The zero-order chi connectivity index (χ0) is 12.3. The van der Waals surface area contributed by atoms with Crippen molar-refractivity contribution in [1.82, 2.24) is 0 Å². The molecule has 92 valence electrons. The number of carboxylic acid groups (broad SMARTS) is 1. The van der Waals surface area contributed by atoms with Gasteiger partial charge >= 0.3 is 5.97 Å². The van der Waals surface area contributed by atoms with Gasteiger partial charge in [-0.25, -0.2) is 4.79 Å². The Morgan fingerprint density at radius 2 is 2.24 bits per heavy atom. The van der Waals surface area contributed by atoms with Gasteiger partial charge in [0.15, 0.2) is 0 Å². The molecular weight excluding hydrogens is 214 g/mol. The fourth-order valence-electron chi connectivity index (χ4n) is 2.19. The van der Waals surface area contributed by atoms with Crippen LogP contribution in [0.2, 0.25) is 0 Å². The summed E-state index contributed by atoms with van der Waals surface area (Å²) in [6.45, 7) is 2.93. The third kappa shape index (κ3) is 2.99. The van der Waals surface area contributed by atoms with Crippen LogP contribution < -0.4 is 5.32 Å². The number of carbonyl (C=O) groups is 1. The zero-order valence-electron chi connectivity index (χ0n) is 10.2. The molecule has 1 fully saturated rings. The van der Waals surface area contributed by atoms with Crippen LogP contribution in [0.25, 0.3) is 0 Å². The van der Waals surface area contributed by atoms with Gasteiger partial charge in [-0.1, -0.05) is 19.3 Å². The molecule has 0 bridgehead atoms. The number of aromatic carboxylic acids is 1. The largest absolute Gasteiger partial charge is 0.478 e. The number of anilines is 1. The van der Waals surface area contributed by atoms with Gasteiger partial charge in [0.05, 0.1) is 5.56 Å². The molecule has 0 spiro atoms. The summed E-state index contributed by atoms with van der Waals surface area (Å²) in [4.78, 5) is 10.8. The first-order valence-corrected chi connectivity index (χ1v) is 6.24. The lowest BCUT2D eigenvalue weighted by Gasteiger charge is -2.25. The van der Waals surface area contributed by atoms with Crippen molar-refractivity contribution in [3.05, 3.63) is 29.3 Å². The summed E-state index contributed by atoms with van der Waals surface area (Å²) in [6, 6.07) is 5.23. The molecule has 3 nitrogen and oxygen atoms in total. The third-order valence-electron chi connectivity index (χ3n) is 3.57. The number of nitrogens with one attached hydrogen (secondary N) is 1. The molecule has 17 heavy (non-hydrogen) atoms. The van der Waals surface area contributed by atoms with E-state index in [0.29, 0.717) is 5.56 Å². The van der Waals surface area contributed by atoms with E-state index in [-0.39, 0.29) is 0 Å². The smallest absolute Gasteiger partial charge is 0.335 e. The minimum absolute atomic E-state index is 0.354. The molecule has 0 saturated heterocycles. The standard InChI is InChI=1S/C14H19NO2/c1-10-9-12(14(16)17)5-6-13(10)15-8-7-11-3-2-4-11/h5-6,9,11,15H,2-4,7-8H2,1H3,(H,16,17). The highest BCUT2D eigenvalue weighted by Gasteiger charge is 2.16. The predicted octanol–water partition coefficient (Wildman–Crippen LogP) is 3.30. The van der Waals surface area contributed by atoms with Gasteiger partial charge in [0.1, 0.15) is 0 Å². The lowest BCUT2D eigenvalue weighted by molar-refractivity contribution is 0.0697. The van der Waals surface area contributed by atoms with Gasteiger partial charge in [-0.3, -0.25) is 0 Å². The van der Waals surface area contributed by atoms with E-state index in [1.54, 1.807) is 12.1 Å². The van der Waals surface area contributed by atoms with Gasteiger partial charge in [0, 0.05) is 12.2 Å². The summed E-state index contributed by atoms with van der Waals surface area (Å²) in [5, 5.41) is 12.3. The van der Waals surface area contributed by atoms with Crippen molar-refractivity contribution in [1.29, 1.82) is 0 Å². The Balaban J connectivity index is 1.89. The predicted molar refractivity (Wildman–Crippen MR) is 68.6 cm³/mol. The van der Waals surface area contributed by atoms with Crippen molar-refractivity contribution in [2.75, 3.05) is 11.9 Å². The molecule has 0 aliphatic heterocycles. The van der Waals surface area contributed by atoms with Gasteiger partial charge in [-0.15, -0.1) is 0 Å². The Bertz CT molecular complexity index is 411. The lowest BCUT2D eigenvalue weighted by Crippen LogP contribution is -2.16. The minimum Gasteiger partial charge on any atom is -0.478 e. The topological polar surface area (TPSA) is 49.3 Å². The second-order valence-electron chi connectivity index (χ2n) is 4.85. The maximum Gasteiger partial charge on any atom is 0.335 e. The van der Waals surface area contributed by atoms with E-state index in [4.69, 9.17) is 5.11 Å². The van der Waals surface area contributed by atoms with Crippen molar-refractivity contribution in [3.63, 3.8) is 0 Å². The summed E-state index contributed by atoms with van der Waals surface area (Å²) in [7, 11) is 0. The summed E-state index contributed by atoms with van der Waals surface area (Å²) >= 11 is 0. The second kappa shape index (κ2) is 5.21. The van der Waals surface area contributed by atoms with Gasteiger partial charge in [0.25, 0.3) is 0 Å². The third-order valence-corrected chi connectivity index (χ3v) is 3.57. The summed E-state index contributed by atoms with van der Waals surface area (Å²) in [5.74, 6) is 0.0372. The maximum atomic E-state index is 10.8. The average molecular weight is 233 g/mol. The van der Waals surface area contributed by atoms with Gasteiger partial charge < -0.3 is 10.4 Å². The molecule has 0 unspecified atom stereocenters. The van der Waals surface area contributed by atoms with Gasteiger partial charge in [0.2, 0.25) is 0 Å². The van der Waals surface area contributed by atoms with Gasteiger partial charge in [-0.2, -0.15) is 0 Å². The highest BCUT2D eigenvalue weighted by atomic mass is 16.4. The molecule has 1 aliphatic carbocycles. The number of carboxylic acids is 1. The Morgan fingerprint density at radius 3 is 2.76 bits per heavy atom. The van der Waals surface area contributed by atoms with Crippen LogP contribution >= 0.6 is 0 Å². The lowest BCUT2D eigenvalue weighted by atomic mass is 9.83. The van der Waals surface area contributed by atoms with E-state index in [1.165, 1.54) is 25.7 Å². The summed E-state index contributed by atoms with van der Waals surface area (Å²) < 4.78 is 0. The molecule has 0 atom stereocenters. The van der Waals surface area contributed by atoms with Crippen molar-refractivity contribution < 1.29 is 9.90 Å². The summed E-state index contributed by atoms with van der Waals surface area (Å²) in [5.41, 5.74) is 2.40. The second-order valence-corrected chi connectivity index (χ2v) is 4.85. The molecule has 0 amide bonds. The molecule has 0 radical (unpaired) electrons.